The van der Waals surface area contributed by atoms with Crippen molar-refractivity contribution in [1.29, 1.82) is 0 Å². The highest BCUT2D eigenvalue weighted by Crippen LogP contribution is 2.29. The van der Waals surface area contributed by atoms with Crippen molar-refractivity contribution in [1.82, 2.24) is 5.32 Å². The SMILES string of the molecule is O=C(COC(=O)/C=C/c1cccc([N+](=O)[O-])c1)N[C@H]1CCCc2ccccc21. The van der Waals surface area contributed by atoms with Crippen LogP contribution in [0.1, 0.15) is 35.6 Å². The Morgan fingerprint density at radius 3 is 2.86 bits per heavy atom. The van der Waals surface area contributed by atoms with E-state index in [1.165, 1.54) is 29.8 Å². The summed E-state index contributed by atoms with van der Waals surface area (Å²) in [4.78, 5) is 34.2. The zero-order valence-corrected chi connectivity index (χ0v) is 15.2. The summed E-state index contributed by atoms with van der Waals surface area (Å²) in [7, 11) is 0. The molecule has 1 atom stereocenters. The number of benzene rings is 2. The molecule has 1 aliphatic rings. The van der Waals surface area contributed by atoms with Gasteiger partial charge in [-0.3, -0.25) is 14.9 Å². The van der Waals surface area contributed by atoms with E-state index < -0.39 is 10.9 Å². The molecule has 2 aromatic carbocycles. The van der Waals surface area contributed by atoms with Gasteiger partial charge in [-0.2, -0.15) is 0 Å². The Morgan fingerprint density at radius 2 is 2.04 bits per heavy atom. The first-order valence-electron chi connectivity index (χ1n) is 8.99. The summed E-state index contributed by atoms with van der Waals surface area (Å²) in [6, 6.07) is 13.8. The molecule has 0 aromatic heterocycles. The minimum Gasteiger partial charge on any atom is -0.452 e. The molecule has 0 heterocycles. The second kappa shape index (κ2) is 8.94. The molecule has 0 unspecified atom stereocenters. The average molecular weight is 380 g/mol. The van der Waals surface area contributed by atoms with Crippen molar-refractivity contribution >= 4 is 23.6 Å². The molecule has 2 aromatic rings. The number of nitro benzene ring substituents is 1. The Kier molecular flexibility index (Phi) is 6.16. The zero-order valence-electron chi connectivity index (χ0n) is 15.2. The molecule has 1 N–H and O–H groups in total. The number of nitrogens with zero attached hydrogens (tertiary/aromatic N) is 1. The lowest BCUT2D eigenvalue weighted by Gasteiger charge is -2.26. The first-order chi connectivity index (χ1) is 13.5. The molecule has 1 amide bonds. The van der Waals surface area contributed by atoms with Gasteiger partial charge in [0.2, 0.25) is 0 Å². The number of hydrogen-bond donors (Lipinski definition) is 1. The fourth-order valence-electron chi connectivity index (χ4n) is 3.23. The highest BCUT2D eigenvalue weighted by molar-refractivity contribution is 5.89. The summed E-state index contributed by atoms with van der Waals surface area (Å²) in [5, 5.41) is 13.7. The van der Waals surface area contributed by atoms with Crippen LogP contribution in [0.3, 0.4) is 0 Å². The van der Waals surface area contributed by atoms with Gasteiger partial charge < -0.3 is 10.1 Å². The smallest absolute Gasteiger partial charge is 0.331 e. The molecule has 0 saturated carbocycles. The summed E-state index contributed by atoms with van der Waals surface area (Å²) in [5.74, 6) is -1.05. The van der Waals surface area contributed by atoms with Gasteiger partial charge in [0, 0.05) is 18.2 Å². The maximum absolute atomic E-state index is 12.1. The third-order valence-electron chi connectivity index (χ3n) is 4.54. The summed E-state index contributed by atoms with van der Waals surface area (Å²) >= 11 is 0. The molecular weight excluding hydrogens is 360 g/mol. The van der Waals surface area contributed by atoms with E-state index in [-0.39, 0.29) is 24.2 Å². The van der Waals surface area contributed by atoms with Crippen LogP contribution >= 0.6 is 0 Å². The second-order valence-electron chi connectivity index (χ2n) is 6.50. The lowest BCUT2D eigenvalue weighted by Crippen LogP contribution is -2.34. The van der Waals surface area contributed by atoms with Crippen LogP contribution in [0.15, 0.2) is 54.6 Å². The molecule has 3 rings (SSSR count). The molecule has 7 heteroatoms. The van der Waals surface area contributed by atoms with Crippen molar-refractivity contribution < 1.29 is 19.2 Å². The van der Waals surface area contributed by atoms with Gasteiger partial charge in [0.05, 0.1) is 11.0 Å². The number of hydrogen-bond acceptors (Lipinski definition) is 5. The molecule has 144 valence electrons. The van der Waals surface area contributed by atoms with Gasteiger partial charge in [-0.05, 0) is 42.0 Å². The molecule has 0 radical (unpaired) electrons. The van der Waals surface area contributed by atoms with Crippen molar-refractivity contribution in [2.75, 3.05) is 6.61 Å². The van der Waals surface area contributed by atoms with Crippen LogP contribution in [0, 0.1) is 10.1 Å². The molecule has 0 saturated heterocycles. The first-order valence-corrected chi connectivity index (χ1v) is 8.99. The first kappa shape index (κ1) is 19.3. The molecule has 0 bridgehead atoms. The van der Waals surface area contributed by atoms with E-state index in [4.69, 9.17) is 4.74 Å². The predicted octanol–water partition coefficient (Wildman–Crippen LogP) is 3.35. The number of carbonyl (C=O) groups excluding carboxylic acids is 2. The second-order valence-corrected chi connectivity index (χ2v) is 6.50. The van der Waals surface area contributed by atoms with E-state index in [0.717, 1.165) is 30.9 Å². The number of amides is 1. The van der Waals surface area contributed by atoms with Gasteiger partial charge in [-0.1, -0.05) is 36.4 Å². The fraction of sp³-hybridized carbons (Fsp3) is 0.238. The third kappa shape index (κ3) is 5.03. The van der Waals surface area contributed by atoms with E-state index in [9.17, 15) is 19.7 Å². The van der Waals surface area contributed by atoms with Crippen LogP contribution in [-0.4, -0.2) is 23.4 Å². The summed E-state index contributed by atoms with van der Waals surface area (Å²) < 4.78 is 4.96. The molecular formula is C21H20N2O5. The van der Waals surface area contributed by atoms with Crippen molar-refractivity contribution in [3.05, 3.63) is 81.4 Å². The highest BCUT2D eigenvalue weighted by Gasteiger charge is 2.21. The van der Waals surface area contributed by atoms with Gasteiger partial charge in [-0.15, -0.1) is 0 Å². The average Bonchev–Trinajstić information content (AvgIpc) is 2.71. The van der Waals surface area contributed by atoms with E-state index in [1.807, 2.05) is 18.2 Å². The number of fused-ring (bicyclic) bond motifs is 1. The van der Waals surface area contributed by atoms with E-state index in [0.29, 0.717) is 5.56 Å². The normalized spacial score (nSPS) is 15.6. The highest BCUT2D eigenvalue weighted by atomic mass is 16.6. The summed E-state index contributed by atoms with van der Waals surface area (Å²) in [6.45, 7) is -0.378. The van der Waals surface area contributed by atoms with Crippen LogP contribution in [0.5, 0.6) is 0 Å². The van der Waals surface area contributed by atoms with E-state index >= 15 is 0 Å². The minimum absolute atomic E-state index is 0.0670. The number of carbonyl (C=O) groups is 2. The van der Waals surface area contributed by atoms with Crippen molar-refractivity contribution in [2.24, 2.45) is 0 Å². The molecule has 0 aliphatic heterocycles. The number of nitro groups is 1. The minimum atomic E-state index is -0.689. The lowest BCUT2D eigenvalue weighted by molar-refractivity contribution is -0.384. The molecule has 28 heavy (non-hydrogen) atoms. The number of non-ortho nitro benzene ring substituents is 1. The monoisotopic (exact) mass is 380 g/mol. The number of rotatable bonds is 6. The Morgan fingerprint density at radius 1 is 1.21 bits per heavy atom. The Hall–Kier alpha value is -3.48. The Balaban J connectivity index is 1.50. The van der Waals surface area contributed by atoms with Crippen LogP contribution in [0.25, 0.3) is 6.08 Å². The molecule has 0 fully saturated rings. The van der Waals surface area contributed by atoms with Gasteiger partial charge in [0.1, 0.15) is 0 Å². The summed E-state index contributed by atoms with van der Waals surface area (Å²) in [5.41, 5.74) is 2.77. The molecule has 7 nitrogen and oxygen atoms in total. The third-order valence-corrected chi connectivity index (χ3v) is 4.54. The van der Waals surface area contributed by atoms with Crippen molar-refractivity contribution in [2.45, 2.75) is 25.3 Å². The van der Waals surface area contributed by atoms with Gasteiger partial charge in [0.15, 0.2) is 6.61 Å². The van der Waals surface area contributed by atoms with Gasteiger partial charge in [-0.25, -0.2) is 4.79 Å². The van der Waals surface area contributed by atoms with Crippen molar-refractivity contribution in [3.63, 3.8) is 0 Å². The van der Waals surface area contributed by atoms with Crippen LogP contribution in [0.4, 0.5) is 5.69 Å². The lowest BCUT2D eigenvalue weighted by atomic mass is 9.88. The van der Waals surface area contributed by atoms with Crippen molar-refractivity contribution in [3.8, 4) is 0 Å². The van der Waals surface area contributed by atoms with Crippen LogP contribution < -0.4 is 5.32 Å². The Labute approximate surface area is 162 Å². The number of ether oxygens (including phenoxy) is 1. The maximum Gasteiger partial charge on any atom is 0.331 e. The molecule has 1 aliphatic carbocycles. The summed E-state index contributed by atoms with van der Waals surface area (Å²) in [6.07, 6.45) is 5.39. The largest absolute Gasteiger partial charge is 0.452 e. The predicted molar refractivity (Wildman–Crippen MR) is 103 cm³/mol. The van der Waals surface area contributed by atoms with E-state index in [2.05, 4.69) is 11.4 Å². The molecule has 0 spiro atoms. The van der Waals surface area contributed by atoms with Gasteiger partial charge >= 0.3 is 5.97 Å². The van der Waals surface area contributed by atoms with Crippen LogP contribution in [-0.2, 0) is 20.7 Å². The quantitative estimate of drug-likeness (QED) is 0.359. The number of aryl methyl sites for hydroxylation is 1. The Bertz CT molecular complexity index is 923. The van der Waals surface area contributed by atoms with Crippen LogP contribution in [0.2, 0.25) is 0 Å². The zero-order chi connectivity index (χ0) is 19.9. The maximum atomic E-state index is 12.1. The number of esters is 1. The number of nitrogens with one attached hydrogen (secondary N) is 1. The topological polar surface area (TPSA) is 98.5 Å². The van der Waals surface area contributed by atoms with Gasteiger partial charge in [0.25, 0.3) is 11.6 Å². The fourth-order valence-corrected chi connectivity index (χ4v) is 3.23. The standard InChI is InChI=1S/C21H20N2O5/c24-20(22-19-10-4-7-16-6-1-2-9-18(16)19)14-28-21(25)12-11-15-5-3-8-17(13-15)23(26)27/h1-3,5-6,8-9,11-13,19H,4,7,10,14H2,(H,22,24)/b12-11+/t19-/m0/s1. The van der Waals surface area contributed by atoms with E-state index in [1.54, 1.807) is 6.07 Å².